The molecule has 126 valence electrons. The van der Waals surface area contributed by atoms with Gasteiger partial charge in [-0.3, -0.25) is 4.79 Å². The van der Waals surface area contributed by atoms with Gasteiger partial charge in [0, 0.05) is 14.0 Å². The second-order valence-electron chi connectivity index (χ2n) is 5.19. The van der Waals surface area contributed by atoms with Gasteiger partial charge in [0.05, 0.1) is 6.61 Å². The van der Waals surface area contributed by atoms with Crippen molar-refractivity contribution in [1.82, 2.24) is 0 Å². The molecule has 1 aliphatic heterocycles. The first-order valence-electron chi connectivity index (χ1n) is 7.23. The summed E-state index contributed by atoms with van der Waals surface area (Å²) in [5, 5.41) is 10.2. The van der Waals surface area contributed by atoms with Crippen molar-refractivity contribution >= 4 is 11.9 Å². The first-order valence-corrected chi connectivity index (χ1v) is 7.23. The van der Waals surface area contributed by atoms with Crippen molar-refractivity contribution in [3.63, 3.8) is 0 Å². The van der Waals surface area contributed by atoms with Crippen LogP contribution in [-0.2, 0) is 35.1 Å². The Kier molecular flexibility index (Phi) is 6.09. The van der Waals surface area contributed by atoms with E-state index in [1.165, 1.54) is 14.0 Å². The Morgan fingerprint density at radius 2 is 2.00 bits per heavy atom. The van der Waals surface area contributed by atoms with Gasteiger partial charge in [0.2, 0.25) is 0 Å². The minimum absolute atomic E-state index is 0.0553. The lowest BCUT2D eigenvalue weighted by molar-refractivity contribution is -0.219. The van der Waals surface area contributed by atoms with E-state index in [2.05, 4.69) is 0 Å². The standard InChI is InChI=1S/C16H20O7/c1-10(17)23-12-9-21-15(13(18)14(12)20-2)16(19)22-8-11-6-4-3-5-7-11/h3-7,12-15,18H,8-9H2,1-2H3/t12?,13-,14-,15?/m0/s1. The molecule has 4 atom stereocenters. The Labute approximate surface area is 134 Å². The fourth-order valence-corrected chi connectivity index (χ4v) is 2.41. The van der Waals surface area contributed by atoms with E-state index in [4.69, 9.17) is 18.9 Å². The summed E-state index contributed by atoms with van der Waals surface area (Å²) in [5.74, 6) is -1.21. The van der Waals surface area contributed by atoms with E-state index in [0.717, 1.165) is 5.56 Å². The van der Waals surface area contributed by atoms with Gasteiger partial charge in [0.25, 0.3) is 0 Å². The van der Waals surface area contributed by atoms with Crippen molar-refractivity contribution < 1.29 is 33.6 Å². The Morgan fingerprint density at radius 3 is 2.61 bits per heavy atom. The maximum absolute atomic E-state index is 12.1. The highest BCUT2D eigenvalue weighted by Gasteiger charge is 2.45. The van der Waals surface area contributed by atoms with Crippen LogP contribution in [0.2, 0.25) is 0 Å². The van der Waals surface area contributed by atoms with Crippen LogP contribution >= 0.6 is 0 Å². The average molecular weight is 324 g/mol. The maximum Gasteiger partial charge on any atom is 0.338 e. The summed E-state index contributed by atoms with van der Waals surface area (Å²) >= 11 is 0. The summed E-state index contributed by atoms with van der Waals surface area (Å²) in [6.07, 6.45) is -4.11. The van der Waals surface area contributed by atoms with Crippen LogP contribution in [0.15, 0.2) is 30.3 Å². The van der Waals surface area contributed by atoms with Gasteiger partial charge in [0.1, 0.15) is 18.8 Å². The van der Waals surface area contributed by atoms with E-state index < -0.39 is 36.4 Å². The van der Waals surface area contributed by atoms with Gasteiger partial charge in [-0.15, -0.1) is 0 Å². The number of aliphatic hydroxyl groups is 1. The van der Waals surface area contributed by atoms with Crippen molar-refractivity contribution in [3.05, 3.63) is 35.9 Å². The van der Waals surface area contributed by atoms with Crippen LogP contribution in [0.1, 0.15) is 12.5 Å². The Hall–Kier alpha value is -1.96. The summed E-state index contributed by atoms with van der Waals surface area (Å²) in [6, 6.07) is 9.16. The van der Waals surface area contributed by atoms with Crippen molar-refractivity contribution in [2.75, 3.05) is 13.7 Å². The molecule has 0 aliphatic carbocycles. The molecule has 7 nitrogen and oxygen atoms in total. The van der Waals surface area contributed by atoms with Crippen molar-refractivity contribution in [3.8, 4) is 0 Å². The summed E-state index contributed by atoms with van der Waals surface area (Å²) in [6.45, 7) is 1.27. The van der Waals surface area contributed by atoms with Gasteiger partial charge in [-0.25, -0.2) is 4.79 Å². The lowest BCUT2D eigenvalue weighted by Crippen LogP contribution is -2.57. The molecule has 0 saturated carbocycles. The topological polar surface area (TPSA) is 91.3 Å². The molecule has 1 fully saturated rings. The van der Waals surface area contributed by atoms with Gasteiger partial charge >= 0.3 is 11.9 Å². The minimum Gasteiger partial charge on any atom is -0.459 e. The first-order chi connectivity index (χ1) is 11.0. The molecular formula is C16H20O7. The lowest BCUT2D eigenvalue weighted by Gasteiger charge is -2.37. The normalized spacial score (nSPS) is 27.3. The molecule has 0 radical (unpaired) electrons. The Balaban J connectivity index is 1.94. The number of ether oxygens (including phenoxy) is 4. The van der Waals surface area contributed by atoms with Crippen LogP contribution in [0, 0.1) is 0 Å². The molecule has 1 N–H and O–H groups in total. The van der Waals surface area contributed by atoms with E-state index in [1.54, 1.807) is 0 Å². The maximum atomic E-state index is 12.1. The summed E-state index contributed by atoms with van der Waals surface area (Å²) in [7, 11) is 1.36. The molecule has 1 aliphatic rings. The molecule has 2 unspecified atom stereocenters. The molecule has 0 amide bonds. The highest BCUT2D eigenvalue weighted by atomic mass is 16.6. The van der Waals surface area contributed by atoms with Crippen LogP contribution in [0.25, 0.3) is 0 Å². The third-order valence-corrected chi connectivity index (χ3v) is 3.50. The van der Waals surface area contributed by atoms with Crippen LogP contribution < -0.4 is 0 Å². The zero-order valence-electron chi connectivity index (χ0n) is 13.0. The van der Waals surface area contributed by atoms with Gasteiger partial charge in [-0.05, 0) is 5.56 Å². The van der Waals surface area contributed by atoms with Gasteiger partial charge in [0.15, 0.2) is 12.2 Å². The number of carbonyl (C=O) groups is 2. The number of aliphatic hydroxyl groups excluding tert-OH is 1. The molecule has 1 saturated heterocycles. The quantitative estimate of drug-likeness (QED) is 0.786. The molecule has 2 rings (SSSR count). The van der Waals surface area contributed by atoms with Crippen molar-refractivity contribution in [1.29, 1.82) is 0 Å². The van der Waals surface area contributed by atoms with Crippen LogP contribution in [0.3, 0.4) is 0 Å². The predicted octanol–water partition coefficient (Wildman–Crippen LogP) is 0.436. The summed E-state index contributed by atoms with van der Waals surface area (Å²) in [5.41, 5.74) is 0.826. The first kappa shape index (κ1) is 17.4. The molecule has 0 aromatic heterocycles. The zero-order valence-corrected chi connectivity index (χ0v) is 13.0. The number of carbonyl (C=O) groups excluding carboxylic acids is 2. The highest BCUT2D eigenvalue weighted by molar-refractivity contribution is 5.76. The van der Waals surface area contributed by atoms with E-state index in [-0.39, 0.29) is 13.2 Å². The molecule has 7 heteroatoms. The van der Waals surface area contributed by atoms with Gasteiger partial charge in [-0.2, -0.15) is 0 Å². The third kappa shape index (κ3) is 4.51. The number of hydrogen-bond acceptors (Lipinski definition) is 7. The summed E-state index contributed by atoms with van der Waals surface area (Å²) < 4.78 is 20.6. The molecule has 0 bridgehead atoms. The highest BCUT2D eigenvalue weighted by Crippen LogP contribution is 2.22. The molecule has 1 heterocycles. The van der Waals surface area contributed by atoms with E-state index in [1.807, 2.05) is 30.3 Å². The lowest BCUT2D eigenvalue weighted by atomic mass is 9.99. The molecule has 1 aromatic rings. The largest absolute Gasteiger partial charge is 0.459 e. The van der Waals surface area contributed by atoms with Crippen LogP contribution in [-0.4, -0.2) is 55.2 Å². The van der Waals surface area contributed by atoms with Gasteiger partial charge in [-0.1, -0.05) is 30.3 Å². The second-order valence-corrected chi connectivity index (χ2v) is 5.19. The number of esters is 2. The van der Waals surface area contributed by atoms with E-state index in [0.29, 0.717) is 0 Å². The molecule has 23 heavy (non-hydrogen) atoms. The van der Waals surface area contributed by atoms with Crippen LogP contribution in [0.4, 0.5) is 0 Å². The third-order valence-electron chi connectivity index (χ3n) is 3.50. The van der Waals surface area contributed by atoms with Crippen molar-refractivity contribution in [2.45, 2.75) is 37.9 Å². The number of methoxy groups -OCH3 is 1. The molecular weight excluding hydrogens is 304 g/mol. The fourth-order valence-electron chi connectivity index (χ4n) is 2.41. The van der Waals surface area contributed by atoms with Crippen LogP contribution in [0.5, 0.6) is 0 Å². The van der Waals surface area contributed by atoms with E-state index >= 15 is 0 Å². The number of benzene rings is 1. The summed E-state index contributed by atoms with van der Waals surface area (Å²) in [4.78, 5) is 23.1. The second kappa shape index (κ2) is 8.05. The Bertz CT molecular complexity index is 530. The SMILES string of the molecule is CO[C@H]1C(OC(C)=O)COC(C(=O)OCc2ccccc2)[C@H]1O. The average Bonchev–Trinajstić information content (AvgIpc) is 2.53. The number of rotatable bonds is 5. The monoisotopic (exact) mass is 324 g/mol. The zero-order chi connectivity index (χ0) is 16.8. The smallest absolute Gasteiger partial charge is 0.338 e. The predicted molar refractivity (Wildman–Crippen MR) is 78.3 cm³/mol. The minimum atomic E-state index is -1.29. The fraction of sp³-hybridized carbons (Fsp3) is 0.500. The molecule has 1 aromatic carbocycles. The van der Waals surface area contributed by atoms with Crippen molar-refractivity contribution in [2.24, 2.45) is 0 Å². The van der Waals surface area contributed by atoms with Gasteiger partial charge < -0.3 is 24.1 Å². The van der Waals surface area contributed by atoms with E-state index in [9.17, 15) is 14.7 Å². The molecule has 0 spiro atoms. The Morgan fingerprint density at radius 1 is 1.30 bits per heavy atom. The number of hydrogen-bond donors (Lipinski definition) is 1.